The van der Waals surface area contributed by atoms with Gasteiger partial charge in [-0.15, -0.1) is 0 Å². The van der Waals surface area contributed by atoms with Crippen molar-refractivity contribution < 1.29 is 4.39 Å². The number of fused-ring (bicyclic) bond motifs is 1. The van der Waals surface area contributed by atoms with Crippen molar-refractivity contribution in [3.05, 3.63) is 82.7 Å². The molecule has 4 rings (SSSR count). The third kappa shape index (κ3) is 8.20. The normalized spacial score (nSPS) is 17.5. The number of halogens is 1. The molecular formula is C36H45F. The summed E-state index contributed by atoms with van der Waals surface area (Å²) in [5.74, 6) is 8.21. The molecule has 0 saturated heterocycles. The molecule has 1 saturated carbocycles. The monoisotopic (exact) mass is 496 g/mol. The molecule has 0 atom stereocenters. The van der Waals surface area contributed by atoms with E-state index in [1.54, 1.807) is 0 Å². The first-order valence-corrected chi connectivity index (χ1v) is 15.0. The van der Waals surface area contributed by atoms with Crippen molar-refractivity contribution >= 4 is 10.8 Å². The zero-order valence-electron chi connectivity index (χ0n) is 23.1. The molecule has 3 aromatic rings. The van der Waals surface area contributed by atoms with E-state index in [2.05, 4.69) is 56.0 Å². The number of rotatable bonds is 11. The molecule has 3 aromatic carbocycles. The summed E-state index contributed by atoms with van der Waals surface area (Å²) in [6, 6.07) is 18.6. The van der Waals surface area contributed by atoms with Crippen molar-refractivity contribution in [3.63, 3.8) is 0 Å². The Bertz CT molecular complexity index is 1170. The molecule has 1 aliphatic rings. The minimum atomic E-state index is -0.0380. The summed E-state index contributed by atoms with van der Waals surface area (Å²) < 4.78 is 15.4. The number of hydrogen-bond donors (Lipinski definition) is 0. The minimum Gasteiger partial charge on any atom is -0.206 e. The van der Waals surface area contributed by atoms with E-state index in [0.717, 1.165) is 58.6 Å². The van der Waals surface area contributed by atoms with Crippen LogP contribution in [0, 0.1) is 29.5 Å². The van der Waals surface area contributed by atoms with Crippen LogP contribution in [-0.4, -0.2) is 0 Å². The second kappa shape index (κ2) is 14.4. The van der Waals surface area contributed by atoms with E-state index in [1.807, 2.05) is 24.3 Å². The predicted molar refractivity (Wildman–Crippen MR) is 157 cm³/mol. The molecule has 0 N–H and O–H groups in total. The van der Waals surface area contributed by atoms with Gasteiger partial charge in [0.1, 0.15) is 5.82 Å². The molecule has 0 aromatic heterocycles. The van der Waals surface area contributed by atoms with Crippen LogP contribution >= 0.6 is 0 Å². The van der Waals surface area contributed by atoms with Crippen LogP contribution in [-0.2, 0) is 12.8 Å². The van der Waals surface area contributed by atoms with E-state index >= 15 is 4.39 Å². The summed E-state index contributed by atoms with van der Waals surface area (Å²) in [5.41, 5.74) is 4.21. The molecule has 1 aliphatic carbocycles. The van der Waals surface area contributed by atoms with Gasteiger partial charge in [-0.05, 0) is 78.3 Å². The van der Waals surface area contributed by atoms with Crippen LogP contribution in [0.5, 0.6) is 0 Å². The summed E-state index contributed by atoms with van der Waals surface area (Å²) in [5, 5.41) is 1.66. The van der Waals surface area contributed by atoms with Crippen LogP contribution in [0.15, 0.2) is 54.6 Å². The highest BCUT2D eigenvalue weighted by Gasteiger charge is 2.21. The molecule has 37 heavy (non-hydrogen) atoms. The molecular weight excluding hydrogens is 451 g/mol. The minimum absolute atomic E-state index is 0.0380. The van der Waals surface area contributed by atoms with E-state index in [-0.39, 0.29) is 5.82 Å². The fraction of sp³-hybridized carbons (Fsp3) is 0.500. The third-order valence-electron chi connectivity index (χ3n) is 8.41. The van der Waals surface area contributed by atoms with Gasteiger partial charge in [-0.2, -0.15) is 0 Å². The summed E-state index contributed by atoms with van der Waals surface area (Å²) >= 11 is 0. The zero-order valence-corrected chi connectivity index (χ0v) is 23.1. The lowest BCUT2D eigenvalue weighted by Crippen LogP contribution is -2.15. The van der Waals surface area contributed by atoms with E-state index < -0.39 is 0 Å². The summed E-state index contributed by atoms with van der Waals surface area (Å²) in [7, 11) is 0. The smallest absolute Gasteiger partial charge is 0.134 e. The van der Waals surface area contributed by atoms with E-state index in [1.165, 1.54) is 76.2 Å². The quantitative estimate of drug-likeness (QED) is 0.183. The molecule has 0 heterocycles. The predicted octanol–water partition coefficient (Wildman–Crippen LogP) is 10.4. The maximum absolute atomic E-state index is 15.4. The van der Waals surface area contributed by atoms with Gasteiger partial charge in [0.2, 0.25) is 0 Å². The number of hydrogen-bond acceptors (Lipinski definition) is 0. The lowest BCUT2D eigenvalue weighted by Gasteiger charge is -2.28. The van der Waals surface area contributed by atoms with Crippen LogP contribution in [0.1, 0.15) is 113 Å². The van der Waals surface area contributed by atoms with E-state index in [0.29, 0.717) is 0 Å². The van der Waals surface area contributed by atoms with Gasteiger partial charge >= 0.3 is 0 Å². The Hall–Kier alpha value is -2.59. The van der Waals surface area contributed by atoms with Gasteiger partial charge in [-0.25, -0.2) is 4.39 Å². The first-order valence-electron chi connectivity index (χ1n) is 15.0. The molecule has 0 aliphatic heterocycles. The molecule has 1 heteroatoms. The van der Waals surface area contributed by atoms with Crippen molar-refractivity contribution in [2.75, 3.05) is 0 Å². The molecule has 196 valence electrons. The lowest BCUT2D eigenvalue weighted by atomic mass is 9.77. The fourth-order valence-electron chi connectivity index (χ4n) is 5.94. The molecule has 0 amide bonds. The maximum atomic E-state index is 15.4. The van der Waals surface area contributed by atoms with Crippen LogP contribution in [0.25, 0.3) is 10.8 Å². The van der Waals surface area contributed by atoms with Crippen molar-refractivity contribution in [1.82, 2.24) is 0 Å². The highest BCUT2D eigenvalue weighted by molar-refractivity contribution is 5.85. The van der Waals surface area contributed by atoms with Gasteiger partial charge in [0.25, 0.3) is 0 Å². The second-order valence-electron chi connectivity index (χ2n) is 11.3. The molecule has 0 unspecified atom stereocenters. The molecule has 0 bridgehead atoms. The Kier molecular flexibility index (Phi) is 10.7. The molecule has 0 spiro atoms. The lowest BCUT2D eigenvalue weighted by molar-refractivity contribution is 0.249. The third-order valence-corrected chi connectivity index (χ3v) is 8.41. The first kappa shape index (κ1) is 27.4. The Labute approximate surface area is 225 Å². The molecule has 1 fully saturated rings. The Morgan fingerprint density at radius 1 is 0.676 bits per heavy atom. The Morgan fingerprint density at radius 2 is 1.32 bits per heavy atom. The summed E-state index contributed by atoms with van der Waals surface area (Å²) in [6.07, 6.45) is 17.8. The maximum Gasteiger partial charge on any atom is 0.134 e. The topological polar surface area (TPSA) is 0 Å². The van der Waals surface area contributed by atoms with E-state index in [4.69, 9.17) is 0 Å². The molecule has 0 radical (unpaired) electrons. The van der Waals surface area contributed by atoms with Crippen molar-refractivity contribution in [3.8, 4) is 11.8 Å². The standard InChI is InChI=1S/C36H45F/c1-3-5-7-9-28-11-15-30(16-12-28)19-20-32-22-26-35-34(27-32)25-24-33(36(35)37)23-21-31-17-13-29(14-18-31)10-8-6-4-2/h11-12,15-16,22,24-27,29,31H,3-10,13-14,17-18,21,23H2,1-2H3. The second-order valence-corrected chi connectivity index (χ2v) is 11.3. The highest BCUT2D eigenvalue weighted by atomic mass is 19.1. The summed E-state index contributed by atoms with van der Waals surface area (Å²) in [4.78, 5) is 0. The SMILES string of the molecule is CCCCCc1ccc(C#Cc2ccc3c(F)c(CCC4CCC(CCCCC)CC4)ccc3c2)cc1. The van der Waals surface area contributed by atoms with Crippen molar-refractivity contribution in [2.45, 2.75) is 104 Å². The first-order chi connectivity index (χ1) is 18.2. The van der Waals surface area contributed by atoms with Gasteiger partial charge < -0.3 is 0 Å². The number of benzene rings is 3. The van der Waals surface area contributed by atoms with Gasteiger partial charge in [0.05, 0.1) is 0 Å². The Balaban J connectivity index is 1.32. The van der Waals surface area contributed by atoms with Gasteiger partial charge in [0, 0.05) is 16.5 Å². The number of unbranched alkanes of at least 4 members (excludes halogenated alkanes) is 4. The van der Waals surface area contributed by atoms with Gasteiger partial charge in [-0.1, -0.05) is 120 Å². The number of aryl methyl sites for hydroxylation is 2. The average Bonchev–Trinajstić information content (AvgIpc) is 2.93. The molecule has 0 nitrogen and oxygen atoms in total. The zero-order chi connectivity index (χ0) is 25.9. The Morgan fingerprint density at radius 3 is 2.05 bits per heavy atom. The van der Waals surface area contributed by atoms with Gasteiger partial charge in [-0.3, -0.25) is 0 Å². The van der Waals surface area contributed by atoms with Gasteiger partial charge in [0.15, 0.2) is 0 Å². The van der Waals surface area contributed by atoms with Crippen LogP contribution in [0.2, 0.25) is 0 Å². The average molecular weight is 497 g/mol. The van der Waals surface area contributed by atoms with Crippen LogP contribution in [0.4, 0.5) is 4.39 Å². The fourth-order valence-corrected chi connectivity index (χ4v) is 5.94. The van der Waals surface area contributed by atoms with E-state index in [9.17, 15) is 0 Å². The van der Waals surface area contributed by atoms with Crippen LogP contribution in [0.3, 0.4) is 0 Å². The van der Waals surface area contributed by atoms with Crippen molar-refractivity contribution in [1.29, 1.82) is 0 Å². The highest BCUT2D eigenvalue weighted by Crippen LogP contribution is 2.35. The summed E-state index contributed by atoms with van der Waals surface area (Å²) in [6.45, 7) is 4.52. The largest absolute Gasteiger partial charge is 0.206 e. The van der Waals surface area contributed by atoms with Crippen LogP contribution < -0.4 is 0 Å². The van der Waals surface area contributed by atoms with Crippen molar-refractivity contribution in [2.24, 2.45) is 11.8 Å².